The molecule has 24 heavy (non-hydrogen) atoms. The molecule has 0 bridgehead atoms. The van der Waals surface area contributed by atoms with Crippen molar-refractivity contribution in [2.24, 2.45) is 0 Å². The monoisotopic (exact) mass is 339 g/mol. The normalized spacial score (nSPS) is 30.7. The van der Waals surface area contributed by atoms with Crippen LogP contribution in [-0.2, 0) is 9.53 Å². The van der Waals surface area contributed by atoms with Crippen LogP contribution in [0.1, 0.15) is 26.2 Å². The van der Waals surface area contributed by atoms with Gasteiger partial charge >= 0.3 is 0 Å². The second-order valence-corrected chi connectivity index (χ2v) is 8.00. The topological polar surface area (TPSA) is 56.3 Å². The lowest BCUT2D eigenvalue weighted by atomic mass is 9.77. The van der Waals surface area contributed by atoms with E-state index < -0.39 is 5.60 Å². The highest BCUT2D eigenvalue weighted by atomic mass is 16.5. The van der Waals surface area contributed by atoms with E-state index >= 15 is 0 Å². The van der Waals surface area contributed by atoms with Crippen LogP contribution in [0.2, 0.25) is 0 Å². The molecule has 2 saturated heterocycles. The van der Waals surface area contributed by atoms with Crippen LogP contribution in [0.15, 0.2) is 12.2 Å². The van der Waals surface area contributed by atoms with Gasteiger partial charge in [0.2, 0.25) is 5.91 Å². The summed E-state index contributed by atoms with van der Waals surface area (Å²) in [5.74, 6) is 0.0821. The van der Waals surface area contributed by atoms with E-state index in [0.29, 0.717) is 19.7 Å². The van der Waals surface area contributed by atoms with Crippen LogP contribution in [0, 0.1) is 0 Å². The van der Waals surface area contributed by atoms with Crippen molar-refractivity contribution in [2.75, 3.05) is 54.4 Å². The molecule has 0 saturated carbocycles. The summed E-state index contributed by atoms with van der Waals surface area (Å²) in [5, 5.41) is 10.6. The maximum absolute atomic E-state index is 12.3. The number of carbonyl (C=O) groups excluding carboxylic acids is 1. The first kappa shape index (κ1) is 19.4. The molecule has 2 aliphatic heterocycles. The number of carbonyl (C=O) groups is 1. The number of rotatable bonds is 4. The fraction of sp³-hybridized carbons (Fsp3) is 0.833. The summed E-state index contributed by atoms with van der Waals surface area (Å²) in [7, 11) is 7.98. The van der Waals surface area contributed by atoms with Gasteiger partial charge in [-0.05, 0) is 54.4 Å². The third-order valence-corrected chi connectivity index (χ3v) is 5.29. The highest BCUT2D eigenvalue weighted by molar-refractivity contribution is 5.87. The summed E-state index contributed by atoms with van der Waals surface area (Å²) in [6, 6.07) is 0.0773. The van der Waals surface area contributed by atoms with Gasteiger partial charge in [0.25, 0.3) is 0 Å². The van der Waals surface area contributed by atoms with Gasteiger partial charge in [0.05, 0.1) is 12.2 Å². The van der Waals surface area contributed by atoms with Crippen LogP contribution >= 0.6 is 0 Å². The SMILES string of the molecule is CN(C)C/C=C/C(=O)N1CCC2(CC1)C[C@H](N(C)C)[C@@](C)(O)CO2. The second-order valence-electron chi connectivity index (χ2n) is 8.00. The van der Waals surface area contributed by atoms with E-state index in [4.69, 9.17) is 4.74 Å². The predicted molar refractivity (Wildman–Crippen MR) is 94.9 cm³/mol. The highest BCUT2D eigenvalue weighted by Crippen LogP contribution is 2.39. The van der Waals surface area contributed by atoms with Gasteiger partial charge in [-0.3, -0.25) is 4.79 Å². The molecule has 0 aromatic heterocycles. The Morgan fingerprint density at radius 1 is 1.29 bits per heavy atom. The molecule has 2 rings (SSSR count). The Kier molecular flexibility index (Phi) is 6.07. The second kappa shape index (κ2) is 7.52. The minimum atomic E-state index is -0.823. The van der Waals surface area contributed by atoms with Crippen molar-refractivity contribution >= 4 is 5.91 Å². The first-order valence-corrected chi connectivity index (χ1v) is 8.78. The fourth-order valence-corrected chi connectivity index (χ4v) is 3.72. The Morgan fingerprint density at radius 2 is 1.92 bits per heavy atom. The number of amides is 1. The first-order valence-electron chi connectivity index (χ1n) is 8.78. The zero-order valence-corrected chi connectivity index (χ0v) is 15.8. The van der Waals surface area contributed by atoms with Gasteiger partial charge in [-0.25, -0.2) is 0 Å². The number of hydrogen-bond acceptors (Lipinski definition) is 5. The number of nitrogens with zero attached hydrogens (tertiary/aromatic N) is 3. The molecule has 1 spiro atoms. The van der Waals surface area contributed by atoms with E-state index in [0.717, 1.165) is 25.8 Å². The van der Waals surface area contributed by atoms with Gasteiger partial charge in [-0.15, -0.1) is 0 Å². The fourth-order valence-electron chi connectivity index (χ4n) is 3.72. The highest BCUT2D eigenvalue weighted by Gasteiger charge is 2.49. The Bertz CT molecular complexity index is 466. The van der Waals surface area contributed by atoms with Crippen molar-refractivity contribution in [1.82, 2.24) is 14.7 Å². The van der Waals surface area contributed by atoms with E-state index in [1.165, 1.54) is 0 Å². The Balaban J connectivity index is 1.92. The van der Waals surface area contributed by atoms with Gasteiger partial charge in [-0.1, -0.05) is 6.08 Å². The molecule has 2 atom stereocenters. The number of piperidine rings is 1. The molecule has 6 heteroatoms. The Hall–Kier alpha value is -0.950. The number of likely N-dealkylation sites (N-methyl/N-ethyl adjacent to an activating group) is 2. The number of ether oxygens (including phenoxy) is 1. The Labute approximate surface area is 146 Å². The smallest absolute Gasteiger partial charge is 0.246 e. The van der Waals surface area contributed by atoms with E-state index in [1.807, 2.05) is 51.0 Å². The largest absolute Gasteiger partial charge is 0.386 e. The van der Waals surface area contributed by atoms with Gasteiger partial charge in [0, 0.05) is 31.8 Å². The first-order chi connectivity index (χ1) is 11.2. The number of likely N-dealkylation sites (tertiary alicyclic amines) is 1. The van der Waals surface area contributed by atoms with Crippen molar-refractivity contribution in [2.45, 2.75) is 43.4 Å². The molecule has 0 unspecified atom stereocenters. The molecule has 0 aromatic rings. The summed E-state index contributed by atoms with van der Waals surface area (Å²) in [5.41, 5.74) is -1.03. The number of aliphatic hydroxyl groups is 1. The average molecular weight is 339 g/mol. The van der Waals surface area contributed by atoms with Crippen molar-refractivity contribution in [3.8, 4) is 0 Å². The molecule has 0 aromatic carbocycles. The molecule has 0 radical (unpaired) electrons. The van der Waals surface area contributed by atoms with Crippen LogP contribution in [0.3, 0.4) is 0 Å². The average Bonchev–Trinajstić information content (AvgIpc) is 2.50. The van der Waals surface area contributed by atoms with E-state index in [-0.39, 0.29) is 17.6 Å². The summed E-state index contributed by atoms with van der Waals surface area (Å²) in [6.45, 7) is 4.40. The maximum atomic E-state index is 12.3. The van der Waals surface area contributed by atoms with Crippen LogP contribution in [0.4, 0.5) is 0 Å². The zero-order valence-electron chi connectivity index (χ0n) is 15.8. The van der Waals surface area contributed by atoms with Crippen LogP contribution in [0.5, 0.6) is 0 Å². The third-order valence-electron chi connectivity index (χ3n) is 5.29. The predicted octanol–water partition coefficient (Wildman–Crippen LogP) is 0.567. The molecule has 1 N–H and O–H groups in total. The molecule has 1 amide bonds. The van der Waals surface area contributed by atoms with Crippen molar-refractivity contribution in [3.05, 3.63) is 12.2 Å². The van der Waals surface area contributed by atoms with Gasteiger partial charge in [-0.2, -0.15) is 0 Å². The molecular formula is C18H33N3O3. The van der Waals surface area contributed by atoms with Crippen molar-refractivity contribution in [1.29, 1.82) is 0 Å². The lowest BCUT2D eigenvalue weighted by Crippen LogP contribution is -2.62. The summed E-state index contributed by atoms with van der Waals surface area (Å²) in [6.07, 6.45) is 6.06. The molecule has 0 aliphatic carbocycles. The van der Waals surface area contributed by atoms with E-state index in [2.05, 4.69) is 4.90 Å². The van der Waals surface area contributed by atoms with Gasteiger partial charge in [0.1, 0.15) is 5.60 Å². The molecule has 6 nitrogen and oxygen atoms in total. The quantitative estimate of drug-likeness (QED) is 0.759. The lowest BCUT2D eigenvalue weighted by molar-refractivity contribution is -0.206. The molecule has 138 valence electrons. The maximum Gasteiger partial charge on any atom is 0.246 e. The molecule has 2 aliphatic rings. The van der Waals surface area contributed by atoms with Gasteiger partial charge in [0.15, 0.2) is 0 Å². The van der Waals surface area contributed by atoms with Crippen molar-refractivity contribution in [3.63, 3.8) is 0 Å². The summed E-state index contributed by atoms with van der Waals surface area (Å²) < 4.78 is 6.10. The Morgan fingerprint density at radius 3 is 2.46 bits per heavy atom. The van der Waals surface area contributed by atoms with Gasteiger partial charge < -0.3 is 24.5 Å². The lowest BCUT2D eigenvalue weighted by Gasteiger charge is -2.52. The van der Waals surface area contributed by atoms with E-state index in [9.17, 15) is 9.90 Å². The number of hydrogen-bond donors (Lipinski definition) is 1. The van der Waals surface area contributed by atoms with E-state index in [1.54, 1.807) is 6.08 Å². The summed E-state index contributed by atoms with van der Waals surface area (Å²) in [4.78, 5) is 18.3. The minimum absolute atomic E-state index is 0.0773. The third kappa shape index (κ3) is 4.57. The van der Waals surface area contributed by atoms with Crippen LogP contribution in [-0.4, -0.2) is 97.4 Å². The standard InChI is InChI=1S/C18H33N3O3/c1-17(23)14-24-18(13-15(17)20(4)5)8-11-21(12-9-18)16(22)7-6-10-19(2)3/h6-7,15,23H,8-14H2,1-5H3/b7-6+/t15-,17-/m0/s1. The van der Waals surface area contributed by atoms with Crippen molar-refractivity contribution < 1.29 is 14.6 Å². The summed E-state index contributed by atoms with van der Waals surface area (Å²) >= 11 is 0. The van der Waals surface area contributed by atoms with Crippen LogP contribution < -0.4 is 0 Å². The molecule has 2 fully saturated rings. The molecule has 2 heterocycles. The minimum Gasteiger partial charge on any atom is -0.386 e. The molecular weight excluding hydrogens is 306 g/mol. The zero-order chi connectivity index (χ0) is 18.0. The van der Waals surface area contributed by atoms with Crippen LogP contribution in [0.25, 0.3) is 0 Å².